The van der Waals surface area contributed by atoms with Crippen LogP contribution >= 0.6 is 12.4 Å². The van der Waals surface area contributed by atoms with E-state index in [1.165, 1.54) is 7.11 Å². The molecule has 0 radical (unpaired) electrons. The standard InChI is InChI=1S/C18H26F2N2O3.ClH/c1-3-5-12-10-22(8-4-9-23)11-14(12)21-18(24)16-13(19)6-7-15(25-2)17(16)20;/h6-7,12,14,23H,3-5,8-11H2,1-2H3,(H,21,24);1H/t12-,14-;/m0./s1. The zero-order chi connectivity index (χ0) is 18.4. The van der Waals surface area contributed by atoms with Crippen molar-refractivity contribution in [2.45, 2.75) is 32.2 Å². The Morgan fingerprint density at radius 3 is 2.73 bits per heavy atom. The number of aliphatic hydroxyl groups excluding tert-OH is 1. The van der Waals surface area contributed by atoms with E-state index in [9.17, 15) is 13.6 Å². The van der Waals surface area contributed by atoms with E-state index >= 15 is 0 Å². The van der Waals surface area contributed by atoms with Crippen molar-refractivity contribution in [1.82, 2.24) is 10.2 Å². The number of carbonyl (C=O) groups excluding carboxylic acids is 1. The third-order valence-corrected chi connectivity index (χ3v) is 4.63. The molecule has 5 nitrogen and oxygen atoms in total. The van der Waals surface area contributed by atoms with Gasteiger partial charge in [-0.05, 0) is 30.9 Å². The lowest BCUT2D eigenvalue weighted by molar-refractivity contribution is 0.0919. The second kappa shape index (κ2) is 10.6. The SMILES string of the molecule is CCC[C@H]1CN(CCCO)C[C@@H]1NC(=O)c1c(F)ccc(OC)c1F.Cl. The predicted octanol–water partition coefficient (Wildman–Crippen LogP) is 2.61. The molecule has 1 aliphatic rings. The quantitative estimate of drug-likeness (QED) is 0.714. The molecule has 1 amide bonds. The van der Waals surface area contributed by atoms with E-state index in [0.29, 0.717) is 13.0 Å². The van der Waals surface area contributed by atoms with Crippen molar-refractivity contribution in [2.24, 2.45) is 5.92 Å². The van der Waals surface area contributed by atoms with Gasteiger partial charge in [0.25, 0.3) is 5.91 Å². The fourth-order valence-electron chi connectivity index (χ4n) is 3.40. The molecule has 0 aromatic heterocycles. The van der Waals surface area contributed by atoms with Crippen LogP contribution < -0.4 is 10.1 Å². The molecule has 2 atom stereocenters. The smallest absolute Gasteiger partial charge is 0.257 e. The van der Waals surface area contributed by atoms with Crippen molar-refractivity contribution in [3.8, 4) is 5.75 Å². The lowest BCUT2D eigenvalue weighted by Crippen LogP contribution is -2.41. The number of ether oxygens (including phenoxy) is 1. The molecule has 1 fully saturated rings. The Hall–Kier alpha value is -1.44. The van der Waals surface area contributed by atoms with Gasteiger partial charge in [0.15, 0.2) is 11.6 Å². The van der Waals surface area contributed by atoms with E-state index < -0.39 is 23.1 Å². The minimum atomic E-state index is -0.984. The van der Waals surface area contributed by atoms with Crippen LogP contribution in [-0.2, 0) is 0 Å². The van der Waals surface area contributed by atoms with Gasteiger partial charge in [-0.1, -0.05) is 13.3 Å². The summed E-state index contributed by atoms with van der Waals surface area (Å²) >= 11 is 0. The zero-order valence-corrected chi connectivity index (χ0v) is 16.0. The molecule has 0 aliphatic carbocycles. The van der Waals surface area contributed by atoms with Gasteiger partial charge in [-0.3, -0.25) is 4.79 Å². The third kappa shape index (κ3) is 5.28. The molecule has 1 aromatic carbocycles. The molecule has 0 bridgehead atoms. The van der Waals surface area contributed by atoms with Gasteiger partial charge < -0.3 is 20.1 Å². The molecular weight excluding hydrogens is 366 g/mol. The van der Waals surface area contributed by atoms with Gasteiger partial charge in [0.05, 0.1) is 7.11 Å². The Morgan fingerprint density at radius 2 is 2.12 bits per heavy atom. The highest BCUT2D eigenvalue weighted by Gasteiger charge is 2.34. The first-order chi connectivity index (χ1) is 12.0. The fraction of sp³-hybridized carbons (Fsp3) is 0.611. The predicted molar refractivity (Wildman–Crippen MR) is 98.0 cm³/mol. The largest absolute Gasteiger partial charge is 0.494 e. The molecule has 0 saturated carbocycles. The number of rotatable bonds is 8. The highest BCUT2D eigenvalue weighted by molar-refractivity contribution is 5.95. The number of hydrogen-bond acceptors (Lipinski definition) is 4. The van der Waals surface area contributed by atoms with Gasteiger partial charge in [-0.25, -0.2) is 8.78 Å². The van der Waals surface area contributed by atoms with Crippen LogP contribution in [0.5, 0.6) is 5.75 Å². The molecule has 0 unspecified atom stereocenters. The number of carbonyl (C=O) groups is 1. The van der Waals surface area contributed by atoms with Gasteiger partial charge in [-0.2, -0.15) is 0 Å². The minimum absolute atomic E-state index is 0. The first-order valence-corrected chi connectivity index (χ1v) is 8.67. The van der Waals surface area contributed by atoms with Crippen molar-refractivity contribution in [1.29, 1.82) is 0 Å². The summed E-state index contributed by atoms with van der Waals surface area (Å²) in [5.41, 5.74) is -0.608. The van der Waals surface area contributed by atoms with Gasteiger partial charge in [0.2, 0.25) is 0 Å². The van der Waals surface area contributed by atoms with Crippen LogP contribution in [0.25, 0.3) is 0 Å². The Bertz CT molecular complexity index is 604. The number of nitrogens with zero attached hydrogens (tertiary/aromatic N) is 1. The van der Waals surface area contributed by atoms with Gasteiger partial charge in [0.1, 0.15) is 11.4 Å². The first-order valence-electron chi connectivity index (χ1n) is 8.67. The molecule has 8 heteroatoms. The topological polar surface area (TPSA) is 61.8 Å². The summed E-state index contributed by atoms with van der Waals surface area (Å²) in [7, 11) is 1.27. The van der Waals surface area contributed by atoms with Crippen molar-refractivity contribution in [2.75, 3.05) is 33.4 Å². The number of amides is 1. The molecule has 26 heavy (non-hydrogen) atoms. The summed E-state index contributed by atoms with van der Waals surface area (Å²) < 4.78 is 33.1. The lowest BCUT2D eigenvalue weighted by Gasteiger charge is -2.20. The second-order valence-corrected chi connectivity index (χ2v) is 6.40. The Labute approximate surface area is 159 Å². The summed E-state index contributed by atoms with van der Waals surface area (Å²) in [6.07, 6.45) is 2.55. The number of methoxy groups -OCH3 is 1. The van der Waals surface area contributed by atoms with Crippen molar-refractivity contribution in [3.05, 3.63) is 29.3 Å². The Kier molecular flexibility index (Phi) is 9.25. The van der Waals surface area contributed by atoms with Crippen LogP contribution in [0.15, 0.2) is 12.1 Å². The number of hydrogen-bond donors (Lipinski definition) is 2. The van der Waals surface area contributed by atoms with E-state index in [1.54, 1.807) is 0 Å². The summed E-state index contributed by atoms with van der Waals surface area (Å²) in [6.45, 7) is 4.35. The molecule has 1 aliphatic heterocycles. The molecule has 2 N–H and O–H groups in total. The van der Waals surface area contributed by atoms with Crippen molar-refractivity contribution in [3.63, 3.8) is 0 Å². The zero-order valence-electron chi connectivity index (χ0n) is 15.1. The molecule has 1 aromatic rings. The monoisotopic (exact) mass is 392 g/mol. The summed E-state index contributed by atoms with van der Waals surface area (Å²) in [6, 6.07) is 2.02. The van der Waals surface area contributed by atoms with E-state index in [4.69, 9.17) is 9.84 Å². The van der Waals surface area contributed by atoms with E-state index in [1.807, 2.05) is 0 Å². The maximum absolute atomic E-state index is 14.3. The summed E-state index contributed by atoms with van der Waals surface area (Å²) in [5.74, 6) is -2.58. The molecule has 1 saturated heterocycles. The van der Waals surface area contributed by atoms with Crippen LogP contribution in [0.1, 0.15) is 36.5 Å². The van der Waals surface area contributed by atoms with Crippen molar-refractivity contribution >= 4 is 18.3 Å². The average molecular weight is 393 g/mol. The normalized spacial score (nSPS) is 19.9. The molecule has 1 heterocycles. The second-order valence-electron chi connectivity index (χ2n) is 6.40. The fourth-order valence-corrected chi connectivity index (χ4v) is 3.40. The highest BCUT2D eigenvalue weighted by atomic mass is 35.5. The number of aliphatic hydroxyl groups is 1. The first kappa shape index (κ1) is 22.6. The molecule has 148 valence electrons. The van der Waals surface area contributed by atoms with E-state index in [0.717, 1.165) is 38.1 Å². The molecule has 2 rings (SSSR count). The van der Waals surface area contributed by atoms with Gasteiger partial charge >= 0.3 is 0 Å². The summed E-state index contributed by atoms with van der Waals surface area (Å²) in [5, 5.41) is 11.8. The van der Waals surface area contributed by atoms with Gasteiger partial charge in [0, 0.05) is 32.3 Å². The Morgan fingerprint density at radius 1 is 1.38 bits per heavy atom. The van der Waals surface area contributed by atoms with Gasteiger partial charge in [-0.15, -0.1) is 12.4 Å². The Balaban J connectivity index is 0.00000338. The van der Waals surface area contributed by atoms with Crippen molar-refractivity contribution < 1.29 is 23.4 Å². The van der Waals surface area contributed by atoms with Crippen LogP contribution in [-0.4, -0.2) is 55.3 Å². The molecular formula is C18H27ClF2N2O3. The van der Waals surface area contributed by atoms with E-state index in [-0.39, 0.29) is 36.7 Å². The maximum atomic E-state index is 14.3. The maximum Gasteiger partial charge on any atom is 0.257 e. The number of benzene rings is 1. The minimum Gasteiger partial charge on any atom is -0.494 e. The van der Waals surface area contributed by atoms with Crippen LogP contribution in [0.2, 0.25) is 0 Å². The van der Waals surface area contributed by atoms with Crippen LogP contribution in [0.3, 0.4) is 0 Å². The average Bonchev–Trinajstić information content (AvgIpc) is 2.95. The highest BCUT2D eigenvalue weighted by Crippen LogP contribution is 2.25. The van der Waals surface area contributed by atoms with E-state index in [2.05, 4.69) is 17.1 Å². The van der Waals surface area contributed by atoms with Crippen LogP contribution in [0.4, 0.5) is 8.78 Å². The van der Waals surface area contributed by atoms with Crippen LogP contribution in [0, 0.1) is 17.6 Å². The third-order valence-electron chi connectivity index (χ3n) is 4.63. The summed E-state index contributed by atoms with van der Waals surface area (Å²) in [4.78, 5) is 14.6. The number of halogens is 3. The molecule has 0 spiro atoms. The number of likely N-dealkylation sites (tertiary alicyclic amines) is 1. The lowest BCUT2D eigenvalue weighted by atomic mass is 9.98. The number of nitrogens with one attached hydrogen (secondary N) is 1.